The molecule has 9 aromatic rings. The number of H-pyrrole nitrogens is 1. The minimum absolute atomic E-state index is 0.189. The zero-order valence-electron chi connectivity index (χ0n) is 29.8. The highest BCUT2D eigenvalue weighted by molar-refractivity contribution is 6.12. The Bertz CT molecular complexity index is 2690. The van der Waals surface area contributed by atoms with Crippen LogP contribution in [0.25, 0.3) is 66.3 Å². The lowest BCUT2D eigenvalue weighted by Gasteiger charge is -2.28. The van der Waals surface area contributed by atoms with Crippen LogP contribution in [0, 0.1) is 0 Å². The molecule has 0 atom stereocenters. The summed E-state index contributed by atoms with van der Waals surface area (Å²) in [4.78, 5) is 6.12. The van der Waals surface area contributed by atoms with Crippen molar-refractivity contribution in [3.05, 3.63) is 199 Å². The summed E-state index contributed by atoms with van der Waals surface area (Å²) in [6, 6.07) is 68.5. The van der Waals surface area contributed by atoms with E-state index in [0.717, 1.165) is 17.1 Å². The third-order valence-electron chi connectivity index (χ3n) is 11.2. The number of hydrogen-bond acceptors (Lipinski definition) is 1. The molecule has 8 aromatic carbocycles. The molecule has 1 aliphatic rings. The van der Waals surface area contributed by atoms with Crippen LogP contribution < -0.4 is 4.90 Å². The molecular formula is C51H38N2. The van der Waals surface area contributed by atoms with E-state index in [1.807, 2.05) is 0 Å². The average Bonchev–Trinajstić information content (AvgIpc) is 3.71. The second-order valence-electron chi connectivity index (χ2n) is 14.7. The van der Waals surface area contributed by atoms with Gasteiger partial charge in [0, 0.05) is 44.3 Å². The summed E-state index contributed by atoms with van der Waals surface area (Å²) in [7, 11) is 0. The molecule has 10 rings (SSSR count). The van der Waals surface area contributed by atoms with Crippen LogP contribution in [0.15, 0.2) is 188 Å². The summed E-state index contributed by atoms with van der Waals surface area (Å²) in [5, 5.41) is 2.53. The Balaban J connectivity index is 1.06. The molecule has 0 fully saturated rings. The molecule has 2 heteroatoms. The number of rotatable bonds is 6. The van der Waals surface area contributed by atoms with Gasteiger partial charge in [-0.2, -0.15) is 0 Å². The van der Waals surface area contributed by atoms with Crippen molar-refractivity contribution in [1.82, 2.24) is 4.98 Å². The Kier molecular flexibility index (Phi) is 7.19. The fraction of sp³-hybridized carbons (Fsp3) is 0.0588. The van der Waals surface area contributed by atoms with Crippen molar-refractivity contribution in [1.29, 1.82) is 0 Å². The van der Waals surface area contributed by atoms with Crippen LogP contribution in [0.1, 0.15) is 25.0 Å². The Morgan fingerprint density at radius 3 is 1.51 bits per heavy atom. The van der Waals surface area contributed by atoms with E-state index in [0.29, 0.717) is 0 Å². The largest absolute Gasteiger partial charge is 0.354 e. The number of nitrogens with zero attached hydrogens (tertiary/aromatic N) is 1. The third-order valence-corrected chi connectivity index (χ3v) is 11.2. The van der Waals surface area contributed by atoms with E-state index in [2.05, 4.69) is 212 Å². The quantitative estimate of drug-likeness (QED) is 0.185. The molecule has 0 saturated heterocycles. The predicted octanol–water partition coefficient (Wildman–Crippen LogP) is 14.1. The number of hydrogen-bond donors (Lipinski definition) is 1. The van der Waals surface area contributed by atoms with Gasteiger partial charge in [-0.3, -0.25) is 0 Å². The van der Waals surface area contributed by atoms with Crippen LogP contribution in [-0.4, -0.2) is 4.98 Å². The maximum Gasteiger partial charge on any atom is 0.0544 e. The molecule has 0 radical (unpaired) electrons. The van der Waals surface area contributed by atoms with Gasteiger partial charge in [-0.1, -0.05) is 153 Å². The van der Waals surface area contributed by atoms with Crippen molar-refractivity contribution in [2.24, 2.45) is 0 Å². The second-order valence-corrected chi connectivity index (χ2v) is 14.7. The standard InChI is InChI=1S/C51H38N2/c1-51(2)47-32-38(42-17-11-18-46-45-16-9-10-19-49(45)52-50(42)46)24-30-43(47)44-31-29-41(33-48(44)51)53(39-25-20-36(21-26-39)34-12-5-3-6-13-34)40-27-22-37(23-28-40)35-14-7-4-8-15-35/h3-33,52H,1-2H3. The van der Waals surface area contributed by atoms with Gasteiger partial charge in [0.05, 0.1) is 5.52 Å². The summed E-state index contributed by atoms with van der Waals surface area (Å²) in [5.74, 6) is 0. The first-order chi connectivity index (χ1) is 26.0. The SMILES string of the molecule is CC1(C)c2cc(-c3cccc4c3[nH]c3ccccc34)ccc2-c2ccc(N(c3ccc(-c4ccccc4)cc3)c3ccc(-c4ccccc4)cc3)cc21. The zero-order chi connectivity index (χ0) is 35.5. The number of fused-ring (bicyclic) bond motifs is 6. The van der Waals surface area contributed by atoms with Crippen LogP contribution in [0.5, 0.6) is 0 Å². The summed E-state index contributed by atoms with van der Waals surface area (Å²) in [6.07, 6.45) is 0. The molecule has 1 N–H and O–H groups in total. The van der Waals surface area contributed by atoms with Crippen molar-refractivity contribution in [3.8, 4) is 44.5 Å². The van der Waals surface area contributed by atoms with Crippen LogP contribution in [-0.2, 0) is 5.41 Å². The second kappa shape index (κ2) is 12.3. The van der Waals surface area contributed by atoms with Crippen molar-refractivity contribution < 1.29 is 0 Å². The van der Waals surface area contributed by atoms with Gasteiger partial charge in [0.25, 0.3) is 0 Å². The first-order valence-corrected chi connectivity index (χ1v) is 18.4. The fourth-order valence-corrected chi connectivity index (χ4v) is 8.46. The number of aromatic nitrogens is 1. The maximum atomic E-state index is 3.72. The number of para-hydroxylation sites is 2. The summed E-state index contributed by atoms with van der Waals surface area (Å²) in [5.41, 5.74) is 18.2. The fourth-order valence-electron chi connectivity index (χ4n) is 8.46. The van der Waals surface area contributed by atoms with Crippen molar-refractivity contribution >= 4 is 38.9 Å². The summed E-state index contributed by atoms with van der Waals surface area (Å²) < 4.78 is 0. The molecule has 0 bridgehead atoms. The number of anilines is 3. The lowest BCUT2D eigenvalue weighted by Crippen LogP contribution is -2.16. The molecule has 1 aromatic heterocycles. The van der Waals surface area contributed by atoms with Crippen molar-refractivity contribution in [2.45, 2.75) is 19.3 Å². The highest BCUT2D eigenvalue weighted by Gasteiger charge is 2.36. The topological polar surface area (TPSA) is 19.0 Å². The molecule has 252 valence electrons. The van der Waals surface area contributed by atoms with Gasteiger partial charge in [-0.25, -0.2) is 0 Å². The Labute approximate surface area is 310 Å². The highest BCUT2D eigenvalue weighted by Crippen LogP contribution is 2.52. The van der Waals surface area contributed by atoms with E-state index in [1.54, 1.807) is 0 Å². The molecule has 1 aliphatic carbocycles. The van der Waals surface area contributed by atoms with Crippen LogP contribution >= 0.6 is 0 Å². The van der Waals surface area contributed by atoms with E-state index in [1.165, 1.54) is 77.4 Å². The summed E-state index contributed by atoms with van der Waals surface area (Å²) in [6.45, 7) is 4.75. The van der Waals surface area contributed by atoms with Gasteiger partial charge in [0.2, 0.25) is 0 Å². The first kappa shape index (κ1) is 31.1. The Morgan fingerprint density at radius 2 is 0.868 bits per heavy atom. The number of aromatic amines is 1. The van der Waals surface area contributed by atoms with E-state index in [4.69, 9.17) is 0 Å². The molecule has 53 heavy (non-hydrogen) atoms. The Hall–Kier alpha value is -6.64. The Morgan fingerprint density at radius 1 is 0.377 bits per heavy atom. The van der Waals surface area contributed by atoms with Crippen LogP contribution in [0.4, 0.5) is 17.1 Å². The smallest absolute Gasteiger partial charge is 0.0544 e. The lowest BCUT2D eigenvalue weighted by molar-refractivity contribution is 0.660. The predicted molar refractivity (Wildman–Crippen MR) is 224 cm³/mol. The molecule has 0 amide bonds. The third kappa shape index (κ3) is 5.18. The monoisotopic (exact) mass is 678 g/mol. The average molecular weight is 679 g/mol. The van der Waals surface area contributed by atoms with Crippen LogP contribution in [0.2, 0.25) is 0 Å². The van der Waals surface area contributed by atoms with E-state index in [9.17, 15) is 0 Å². The minimum atomic E-state index is -0.189. The summed E-state index contributed by atoms with van der Waals surface area (Å²) >= 11 is 0. The molecule has 1 heterocycles. The number of nitrogens with one attached hydrogen (secondary N) is 1. The van der Waals surface area contributed by atoms with E-state index >= 15 is 0 Å². The highest BCUT2D eigenvalue weighted by atomic mass is 15.1. The van der Waals surface area contributed by atoms with Gasteiger partial charge in [-0.05, 0) is 98.6 Å². The molecular weight excluding hydrogens is 641 g/mol. The molecule has 0 saturated carbocycles. The first-order valence-electron chi connectivity index (χ1n) is 18.4. The van der Waals surface area contributed by atoms with E-state index < -0.39 is 0 Å². The normalized spacial score (nSPS) is 12.9. The molecule has 0 spiro atoms. The van der Waals surface area contributed by atoms with Gasteiger partial charge < -0.3 is 9.88 Å². The maximum absolute atomic E-state index is 3.72. The molecule has 0 unspecified atom stereocenters. The van der Waals surface area contributed by atoms with E-state index in [-0.39, 0.29) is 5.41 Å². The van der Waals surface area contributed by atoms with Crippen molar-refractivity contribution in [3.63, 3.8) is 0 Å². The lowest BCUT2D eigenvalue weighted by atomic mass is 9.81. The van der Waals surface area contributed by atoms with Crippen LogP contribution in [0.3, 0.4) is 0 Å². The number of benzene rings is 8. The van der Waals surface area contributed by atoms with Gasteiger partial charge in [0.1, 0.15) is 0 Å². The zero-order valence-corrected chi connectivity index (χ0v) is 29.8. The van der Waals surface area contributed by atoms with Gasteiger partial charge in [-0.15, -0.1) is 0 Å². The van der Waals surface area contributed by atoms with Gasteiger partial charge in [0.15, 0.2) is 0 Å². The molecule has 0 aliphatic heterocycles. The molecule has 2 nitrogen and oxygen atoms in total. The minimum Gasteiger partial charge on any atom is -0.354 e. The van der Waals surface area contributed by atoms with Crippen molar-refractivity contribution in [2.75, 3.05) is 4.90 Å². The van der Waals surface area contributed by atoms with Gasteiger partial charge >= 0.3 is 0 Å².